The first kappa shape index (κ1) is 21.9. The van der Waals surface area contributed by atoms with Crippen molar-refractivity contribution in [3.05, 3.63) is 0 Å². The Balaban J connectivity index is 1.89. The van der Waals surface area contributed by atoms with E-state index < -0.39 is 17.4 Å². The van der Waals surface area contributed by atoms with Gasteiger partial charge in [-0.05, 0) is 50.9 Å². The van der Waals surface area contributed by atoms with E-state index >= 15 is 0 Å². The Labute approximate surface area is 163 Å². The lowest BCUT2D eigenvalue weighted by Crippen LogP contribution is -2.41. The monoisotopic (exact) mass is 380 g/mol. The fraction of sp³-hybridized carbons (Fsp3) is 0.864. The van der Waals surface area contributed by atoms with Crippen molar-refractivity contribution in [2.45, 2.75) is 91.4 Å². The zero-order valence-electron chi connectivity index (χ0n) is 17.3. The zero-order chi connectivity index (χ0) is 19.9. The molecule has 0 saturated heterocycles. The Hall–Kier alpha value is -1.39. The van der Waals surface area contributed by atoms with Gasteiger partial charge in [0.05, 0.1) is 13.2 Å². The van der Waals surface area contributed by atoms with Crippen LogP contribution >= 0.6 is 0 Å². The van der Waals surface area contributed by atoms with E-state index in [9.17, 15) is 14.4 Å². The molecule has 0 aromatic carbocycles. The quantitative estimate of drug-likeness (QED) is 0.265. The summed E-state index contributed by atoms with van der Waals surface area (Å²) in [4.78, 5) is 37.6. The van der Waals surface area contributed by atoms with Crippen LogP contribution in [0.4, 0.5) is 0 Å². The Morgan fingerprint density at radius 3 is 2.04 bits per heavy atom. The number of ketones is 1. The fourth-order valence-corrected chi connectivity index (χ4v) is 4.83. The second-order valence-corrected chi connectivity index (χ2v) is 8.40. The summed E-state index contributed by atoms with van der Waals surface area (Å²) in [7, 11) is 0. The summed E-state index contributed by atoms with van der Waals surface area (Å²) in [6.45, 7) is 6.17. The van der Waals surface area contributed by atoms with Crippen molar-refractivity contribution in [2.24, 2.45) is 16.7 Å². The highest BCUT2D eigenvalue weighted by atomic mass is 16.6. The predicted molar refractivity (Wildman–Crippen MR) is 103 cm³/mol. The minimum Gasteiger partial charge on any atom is -0.465 e. The molecule has 2 atom stereocenters. The highest BCUT2D eigenvalue weighted by Gasteiger charge is 2.71. The van der Waals surface area contributed by atoms with E-state index in [-0.39, 0.29) is 30.3 Å². The van der Waals surface area contributed by atoms with E-state index in [2.05, 4.69) is 6.92 Å². The van der Waals surface area contributed by atoms with Crippen LogP contribution < -0.4 is 0 Å². The van der Waals surface area contributed by atoms with Gasteiger partial charge in [0.2, 0.25) is 0 Å². The molecule has 0 amide bonds. The normalized spacial score (nSPS) is 24.9. The molecule has 0 bridgehead atoms. The Bertz CT molecular complexity index is 523. The molecule has 0 radical (unpaired) electrons. The van der Waals surface area contributed by atoms with Crippen LogP contribution in [0.3, 0.4) is 0 Å². The van der Waals surface area contributed by atoms with Gasteiger partial charge in [-0.2, -0.15) is 0 Å². The molecule has 0 spiro atoms. The first-order chi connectivity index (χ1) is 12.9. The number of esters is 2. The second kappa shape index (κ2) is 9.70. The second-order valence-electron chi connectivity index (χ2n) is 8.40. The van der Waals surface area contributed by atoms with Crippen molar-refractivity contribution < 1.29 is 23.9 Å². The van der Waals surface area contributed by atoms with Crippen molar-refractivity contribution in [1.82, 2.24) is 0 Å². The number of hydrogen-bond acceptors (Lipinski definition) is 5. The third kappa shape index (κ3) is 5.11. The van der Waals surface area contributed by atoms with E-state index in [1.807, 2.05) is 0 Å². The molecular weight excluding hydrogens is 344 g/mol. The molecule has 5 nitrogen and oxygen atoms in total. The maximum atomic E-state index is 12.6. The van der Waals surface area contributed by atoms with E-state index in [0.717, 1.165) is 19.3 Å². The van der Waals surface area contributed by atoms with Gasteiger partial charge < -0.3 is 9.47 Å². The van der Waals surface area contributed by atoms with Crippen molar-refractivity contribution in [2.75, 3.05) is 13.2 Å². The van der Waals surface area contributed by atoms with E-state index in [1.54, 1.807) is 13.8 Å². The highest BCUT2D eigenvalue weighted by molar-refractivity contribution is 6.01. The Morgan fingerprint density at radius 1 is 0.852 bits per heavy atom. The average molecular weight is 381 g/mol. The van der Waals surface area contributed by atoms with Crippen LogP contribution in [0.1, 0.15) is 91.4 Å². The summed E-state index contributed by atoms with van der Waals surface area (Å²) in [5.41, 5.74) is -1.38. The summed E-state index contributed by atoms with van der Waals surface area (Å²) in [6.07, 6.45) is 9.92. The van der Waals surface area contributed by atoms with Crippen LogP contribution in [0.15, 0.2) is 0 Å². The van der Waals surface area contributed by atoms with E-state index in [4.69, 9.17) is 9.47 Å². The molecule has 0 heterocycles. The van der Waals surface area contributed by atoms with E-state index in [1.165, 1.54) is 25.7 Å². The first-order valence-electron chi connectivity index (χ1n) is 10.8. The third-order valence-electron chi connectivity index (χ3n) is 6.30. The highest BCUT2D eigenvalue weighted by Crippen LogP contribution is 2.71. The molecular formula is C22H36O5. The van der Waals surface area contributed by atoms with Gasteiger partial charge in [-0.1, -0.05) is 39.0 Å². The maximum Gasteiger partial charge on any atom is 0.323 e. The molecule has 27 heavy (non-hydrogen) atoms. The molecule has 2 aliphatic carbocycles. The van der Waals surface area contributed by atoms with Crippen LogP contribution in [0.25, 0.3) is 0 Å². The molecule has 0 aliphatic heterocycles. The number of ether oxygens (including phenoxy) is 2. The summed E-state index contributed by atoms with van der Waals surface area (Å²) < 4.78 is 10.4. The summed E-state index contributed by atoms with van der Waals surface area (Å²) in [6, 6.07) is 0. The van der Waals surface area contributed by atoms with Crippen LogP contribution in [0, 0.1) is 16.7 Å². The van der Waals surface area contributed by atoms with Gasteiger partial charge in [-0.3, -0.25) is 14.4 Å². The summed E-state index contributed by atoms with van der Waals surface area (Å²) >= 11 is 0. The van der Waals surface area contributed by atoms with Gasteiger partial charge in [0.15, 0.2) is 5.41 Å². The maximum absolute atomic E-state index is 12.6. The topological polar surface area (TPSA) is 69.7 Å². The standard InChI is InChI=1S/C22H36O5/c1-4-7-8-9-10-11-12-18(23)15-21-13-17(21)14-22(16-21,19(24)26-5-2)20(25)27-6-3/h17H,4-16H2,1-3H3. The number of carbonyl (C=O) groups is 3. The molecule has 0 aromatic heterocycles. The molecule has 2 unspecified atom stereocenters. The minimum atomic E-state index is -1.20. The molecule has 0 aromatic rings. The predicted octanol–water partition coefficient (Wildman–Crippen LogP) is 4.61. The summed E-state index contributed by atoms with van der Waals surface area (Å²) in [5, 5.41) is 0. The largest absolute Gasteiger partial charge is 0.465 e. The van der Waals surface area contributed by atoms with Gasteiger partial charge in [0.25, 0.3) is 0 Å². The third-order valence-corrected chi connectivity index (χ3v) is 6.30. The molecule has 5 heteroatoms. The lowest BCUT2D eigenvalue weighted by molar-refractivity contribution is -0.173. The van der Waals surface area contributed by atoms with Crippen LogP contribution in [-0.4, -0.2) is 30.9 Å². The average Bonchev–Trinajstić information content (AvgIpc) is 3.17. The molecule has 2 saturated carbocycles. The number of rotatable bonds is 13. The number of fused-ring (bicyclic) bond motifs is 1. The number of Topliss-reactive ketones (excluding diaryl/α,β-unsaturated/α-hetero) is 1. The lowest BCUT2D eigenvalue weighted by atomic mass is 9.79. The van der Waals surface area contributed by atoms with Crippen molar-refractivity contribution in [1.29, 1.82) is 0 Å². The first-order valence-corrected chi connectivity index (χ1v) is 10.8. The van der Waals surface area contributed by atoms with Gasteiger partial charge >= 0.3 is 11.9 Å². The van der Waals surface area contributed by atoms with Gasteiger partial charge in [0.1, 0.15) is 5.78 Å². The smallest absolute Gasteiger partial charge is 0.323 e. The Kier molecular flexibility index (Phi) is 7.87. The van der Waals surface area contributed by atoms with Gasteiger partial charge in [-0.25, -0.2) is 0 Å². The number of hydrogen-bond donors (Lipinski definition) is 0. The molecule has 154 valence electrons. The number of unbranched alkanes of at least 4 members (excludes halogenated alkanes) is 5. The lowest BCUT2D eigenvalue weighted by Gasteiger charge is -2.27. The zero-order valence-corrected chi connectivity index (χ0v) is 17.3. The minimum absolute atomic E-state index is 0.182. The molecule has 0 N–H and O–H groups in total. The molecule has 2 aliphatic rings. The van der Waals surface area contributed by atoms with Crippen molar-refractivity contribution >= 4 is 17.7 Å². The van der Waals surface area contributed by atoms with Gasteiger partial charge in [-0.15, -0.1) is 0 Å². The Morgan fingerprint density at radius 2 is 1.44 bits per heavy atom. The van der Waals surface area contributed by atoms with Crippen molar-refractivity contribution in [3.8, 4) is 0 Å². The molecule has 2 rings (SSSR count). The van der Waals surface area contributed by atoms with Crippen LogP contribution in [0.2, 0.25) is 0 Å². The summed E-state index contributed by atoms with van der Waals surface area (Å²) in [5.74, 6) is -0.409. The SMILES string of the molecule is CCCCCCCCC(=O)CC12CC1CC(C(=O)OCC)(C(=O)OCC)C2. The van der Waals surface area contributed by atoms with Crippen LogP contribution in [0.5, 0.6) is 0 Å². The fourth-order valence-electron chi connectivity index (χ4n) is 4.83. The molecule has 2 fully saturated rings. The van der Waals surface area contributed by atoms with E-state index in [0.29, 0.717) is 25.7 Å². The van der Waals surface area contributed by atoms with Gasteiger partial charge in [0, 0.05) is 12.8 Å². The van der Waals surface area contributed by atoms with Crippen LogP contribution in [-0.2, 0) is 23.9 Å². The number of carbonyl (C=O) groups excluding carboxylic acids is 3. The van der Waals surface area contributed by atoms with Crippen molar-refractivity contribution in [3.63, 3.8) is 0 Å².